The predicted octanol–water partition coefficient (Wildman–Crippen LogP) is 4.86. The molecule has 0 amide bonds. The number of rotatable bonds is 6. The van der Waals surface area contributed by atoms with Crippen LogP contribution >= 0.6 is 11.6 Å². The summed E-state index contributed by atoms with van der Waals surface area (Å²) in [4.78, 5) is 14.9. The number of hydrogen-bond acceptors (Lipinski definition) is 6. The van der Waals surface area contributed by atoms with Crippen LogP contribution in [0, 0.1) is 0 Å². The lowest BCUT2D eigenvalue weighted by Crippen LogP contribution is -2.25. The maximum absolute atomic E-state index is 12.2. The summed E-state index contributed by atoms with van der Waals surface area (Å²) >= 11 is 6.22. The van der Waals surface area contributed by atoms with Crippen molar-refractivity contribution < 1.29 is 8.42 Å². The summed E-state index contributed by atoms with van der Waals surface area (Å²) in [5.74, 6) is 0. The molecule has 0 saturated carbocycles. The fourth-order valence-electron chi connectivity index (χ4n) is 3.42. The molecule has 0 bridgehead atoms. The molecule has 0 atom stereocenters. The van der Waals surface area contributed by atoms with E-state index < -0.39 is 9.84 Å². The van der Waals surface area contributed by atoms with Crippen molar-refractivity contribution >= 4 is 32.8 Å². The molecule has 1 aromatic carbocycles. The lowest BCUT2D eigenvalue weighted by atomic mass is 9.98. The van der Waals surface area contributed by atoms with Crippen molar-refractivity contribution in [1.82, 2.24) is 15.0 Å². The van der Waals surface area contributed by atoms with E-state index in [1.54, 1.807) is 55.2 Å². The minimum atomic E-state index is -3.39. The first-order valence-corrected chi connectivity index (χ1v) is 11.7. The van der Waals surface area contributed by atoms with Crippen LogP contribution in [0.2, 0.25) is 5.15 Å². The maximum atomic E-state index is 12.2. The Hall–Kier alpha value is -3.29. The summed E-state index contributed by atoms with van der Waals surface area (Å²) in [6.07, 6.45) is 9.80. The Balaban J connectivity index is 1.99. The number of sulfone groups is 1. The monoisotopic (exact) mass is 450 g/mol. The van der Waals surface area contributed by atoms with E-state index in [1.165, 1.54) is 6.26 Å². The predicted molar refractivity (Wildman–Crippen MR) is 121 cm³/mol. The molecule has 31 heavy (non-hydrogen) atoms. The van der Waals surface area contributed by atoms with Crippen molar-refractivity contribution in [2.24, 2.45) is 0 Å². The second-order valence-corrected chi connectivity index (χ2v) is 9.35. The van der Waals surface area contributed by atoms with Gasteiger partial charge in [0.05, 0.1) is 10.9 Å². The molecule has 6 nitrogen and oxygen atoms in total. The zero-order chi connectivity index (χ0) is 21.8. The molecule has 4 aromatic rings. The Bertz CT molecular complexity index is 1250. The zero-order valence-electron chi connectivity index (χ0n) is 16.6. The number of aromatic nitrogens is 3. The normalized spacial score (nSPS) is 11.5. The first kappa shape index (κ1) is 21.0. The van der Waals surface area contributed by atoms with Crippen LogP contribution in [0.1, 0.15) is 17.2 Å². The molecule has 3 aromatic heterocycles. The summed E-state index contributed by atoms with van der Waals surface area (Å²) in [5.41, 5.74) is 3.26. The number of anilines is 2. The largest absolute Gasteiger partial charge is 0.329 e. The van der Waals surface area contributed by atoms with Crippen molar-refractivity contribution in [3.8, 4) is 0 Å². The van der Waals surface area contributed by atoms with Crippen LogP contribution in [-0.2, 0) is 9.84 Å². The molecule has 0 aliphatic carbocycles. The van der Waals surface area contributed by atoms with Crippen LogP contribution in [0.4, 0.5) is 11.4 Å². The third kappa shape index (κ3) is 4.73. The van der Waals surface area contributed by atoms with E-state index in [2.05, 4.69) is 15.0 Å². The van der Waals surface area contributed by atoms with Gasteiger partial charge in [0.1, 0.15) is 5.15 Å². The molecule has 0 unspecified atom stereocenters. The number of hydrogen-bond donors (Lipinski definition) is 0. The Labute approximate surface area is 186 Å². The fourth-order valence-corrected chi connectivity index (χ4v) is 4.25. The van der Waals surface area contributed by atoms with Gasteiger partial charge >= 0.3 is 0 Å². The van der Waals surface area contributed by atoms with Crippen LogP contribution in [0.15, 0.2) is 96.5 Å². The highest BCUT2D eigenvalue weighted by atomic mass is 35.5. The van der Waals surface area contributed by atoms with Gasteiger partial charge in [0, 0.05) is 48.6 Å². The van der Waals surface area contributed by atoms with Crippen LogP contribution in [0.3, 0.4) is 0 Å². The lowest BCUT2D eigenvalue weighted by Gasteiger charge is -2.34. The van der Waals surface area contributed by atoms with Gasteiger partial charge in [-0.1, -0.05) is 29.8 Å². The van der Waals surface area contributed by atoms with Gasteiger partial charge in [-0.2, -0.15) is 0 Å². The van der Waals surface area contributed by atoms with Gasteiger partial charge in [0.2, 0.25) is 0 Å². The second kappa shape index (κ2) is 8.83. The standard InChI is InChI=1S/C23H19ClN4O2S/c1-31(29,30)21-8-2-7-19(13-21)28(20-9-12-27-22(24)14-20)23(17-5-3-10-25-15-17)18-6-4-11-26-16-18/h2-16,23H,1H3. The van der Waals surface area contributed by atoms with E-state index in [9.17, 15) is 8.42 Å². The Kier molecular flexibility index (Phi) is 5.97. The summed E-state index contributed by atoms with van der Waals surface area (Å²) in [6.45, 7) is 0. The smallest absolute Gasteiger partial charge is 0.175 e. The Morgan fingerprint density at radius 2 is 1.48 bits per heavy atom. The number of benzene rings is 1. The van der Waals surface area contributed by atoms with E-state index in [1.807, 2.05) is 41.3 Å². The SMILES string of the molecule is CS(=O)(=O)c1cccc(N(c2ccnc(Cl)c2)C(c2cccnc2)c2cccnc2)c1. The second-order valence-electron chi connectivity index (χ2n) is 6.95. The average molecular weight is 451 g/mol. The first-order valence-electron chi connectivity index (χ1n) is 9.44. The van der Waals surface area contributed by atoms with Crippen molar-refractivity contribution in [3.05, 3.63) is 108 Å². The van der Waals surface area contributed by atoms with Crippen molar-refractivity contribution in [2.45, 2.75) is 10.9 Å². The molecule has 156 valence electrons. The van der Waals surface area contributed by atoms with Gasteiger partial charge in [-0.15, -0.1) is 0 Å². The van der Waals surface area contributed by atoms with Crippen LogP contribution < -0.4 is 4.90 Å². The van der Waals surface area contributed by atoms with Crippen LogP contribution in [-0.4, -0.2) is 29.6 Å². The van der Waals surface area contributed by atoms with Gasteiger partial charge in [-0.25, -0.2) is 13.4 Å². The molecular formula is C23H19ClN4O2S. The van der Waals surface area contributed by atoms with Gasteiger partial charge in [0.15, 0.2) is 9.84 Å². The molecule has 3 heterocycles. The third-order valence-corrected chi connectivity index (χ3v) is 6.09. The highest BCUT2D eigenvalue weighted by Gasteiger charge is 2.26. The molecule has 4 rings (SSSR count). The highest BCUT2D eigenvalue weighted by molar-refractivity contribution is 7.90. The summed E-state index contributed by atoms with van der Waals surface area (Å²) in [7, 11) is -3.39. The third-order valence-electron chi connectivity index (χ3n) is 4.77. The van der Waals surface area contributed by atoms with Gasteiger partial charge in [0.25, 0.3) is 0 Å². The van der Waals surface area contributed by atoms with E-state index in [-0.39, 0.29) is 10.9 Å². The molecule has 0 radical (unpaired) electrons. The van der Waals surface area contributed by atoms with E-state index in [0.717, 1.165) is 16.8 Å². The summed E-state index contributed by atoms with van der Waals surface area (Å²) in [6, 6.07) is 17.7. The van der Waals surface area contributed by atoms with Gasteiger partial charge < -0.3 is 4.90 Å². The first-order chi connectivity index (χ1) is 14.9. The van der Waals surface area contributed by atoms with Crippen molar-refractivity contribution in [2.75, 3.05) is 11.2 Å². The quantitative estimate of drug-likeness (QED) is 0.390. The molecule has 0 fully saturated rings. The fraction of sp³-hybridized carbons (Fsp3) is 0.0870. The van der Waals surface area contributed by atoms with Gasteiger partial charge in [-0.05, 0) is 53.6 Å². The van der Waals surface area contributed by atoms with Crippen molar-refractivity contribution in [3.63, 3.8) is 0 Å². The molecule has 0 aliphatic rings. The summed E-state index contributed by atoms with van der Waals surface area (Å²) in [5, 5.41) is 0.331. The lowest BCUT2D eigenvalue weighted by molar-refractivity contribution is 0.602. The zero-order valence-corrected chi connectivity index (χ0v) is 18.2. The molecular weight excluding hydrogens is 432 g/mol. The van der Waals surface area contributed by atoms with E-state index >= 15 is 0 Å². The molecule has 8 heteroatoms. The number of nitrogens with zero attached hydrogens (tertiary/aromatic N) is 4. The average Bonchev–Trinajstić information content (AvgIpc) is 2.78. The number of halogens is 1. The van der Waals surface area contributed by atoms with Crippen molar-refractivity contribution in [1.29, 1.82) is 0 Å². The molecule has 0 aliphatic heterocycles. The van der Waals surface area contributed by atoms with E-state index in [4.69, 9.17) is 11.6 Å². The van der Waals surface area contributed by atoms with E-state index in [0.29, 0.717) is 10.8 Å². The number of pyridine rings is 3. The molecule has 0 saturated heterocycles. The minimum absolute atomic E-state index is 0.228. The maximum Gasteiger partial charge on any atom is 0.175 e. The van der Waals surface area contributed by atoms with Gasteiger partial charge in [-0.3, -0.25) is 9.97 Å². The van der Waals surface area contributed by atoms with Crippen LogP contribution in [0.5, 0.6) is 0 Å². The minimum Gasteiger partial charge on any atom is -0.329 e. The molecule has 0 spiro atoms. The topological polar surface area (TPSA) is 76.1 Å². The Morgan fingerprint density at radius 3 is 2.03 bits per heavy atom. The highest BCUT2D eigenvalue weighted by Crippen LogP contribution is 2.39. The Morgan fingerprint density at radius 1 is 0.839 bits per heavy atom. The molecule has 0 N–H and O–H groups in total. The van der Waals surface area contributed by atoms with Crippen LogP contribution in [0.25, 0.3) is 0 Å². The summed E-state index contributed by atoms with van der Waals surface area (Å²) < 4.78 is 24.5.